The summed E-state index contributed by atoms with van der Waals surface area (Å²) in [4.78, 5) is 39.3. The van der Waals surface area contributed by atoms with Crippen molar-refractivity contribution in [1.82, 2.24) is 9.80 Å². The Morgan fingerprint density at radius 2 is 1.41 bits per heavy atom. The summed E-state index contributed by atoms with van der Waals surface area (Å²) < 4.78 is 80.4. The van der Waals surface area contributed by atoms with Crippen LogP contribution in [0.2, 0.25) is 5.02 Å². The number of carbonyl (C=O) groups is 3. The highest BCUT2D eigenvalue weighted by Crippen LogP contribution is 2.37. The molecule has 14 heteroatoms. The number of hydrogen-bond donors (Lipinski definition) is 2. The number of likely N-dealkylation sites (tertiary alicyclic amines) is 1. The van der Waals surface area contributed by atoms with E-state index in [9.17, 15) is 40.7 Å². The molecule has 4 N–H and O–H groups in total. The lowest BCUT2D eigenvalue weighted by Crippen LogP contribution is -2.55. The van der Waals surface area contributed by atoms with Crippen LogP contribution in [0.4, 0.5) is 26.3 Å². The van der Waals surface area contributed by atoms with Crippen molar-refractivity contribution in [3.8, 4) is 0 Å². The number of carbonyl (C=O) groups excluding carboxylic acids is 3. The summed E-state index contributed by atoms with van der Waals surface area (Å²) in [7, 11) is 0. The van der Waals surface area contributed by atoms with Crippen LogP contribution in [0, 0.1) is 0 Å². The lowest BCUT2D eigenvalue weighted by Gasteiger charge is -2.43. The average molecular weight is 579 g/mol. The molecule has 0 aliphatic carbocycles. The first kappa shape index (κ1) is 30.2. The van der Waals surface area contributed by atoms with Gasteiger partial charge in [0.05, 0.1) is 24.2 Å². The van der Waals surface area contributed by atoms with Crippen LogP contribution in [0.1, 0.15) is 39.9 Å². The molecular formula is C25H25ClF6N4O3. The number of halogens is 7. The molecule has 0 unspecified atom stereocenters. The first-order valence-corrected chi connectivity index (χ1v) is 12.1. The van der Waals surface area contributed by atoms with Crippen molar-refractivity contribution >= 4 is 29.3 Å². The first-order valence-electron chi connectivity index (χ1n) is 11.7. The second kappa shape index (κ2) is 11.8. The normalized spacial score (nSPS) is 18.3. The van der Waals surface area contributed by atoms with Gasteiger partial charge in [0.2, 0.25) is 11.8 Å². The third-order valence-corrected chi connectivity index (χ3v) is 6.65. The highest BCUT2D eigenvalue weighted by molar-refractivity contribution is 6.30. The van der Waals surface area contributed by atoms with Gasteiger partial charge in [-0.2, -0.15) is 26.3 Å². The van der Waals surface area contributed by atoms with Crippen molar-refractivity contribution in [2.24, 2.45) is 11.5 Å². The maximum atomic E-state index is 13.5. The Morgan fingerprint density at radius 3 is 1.87 bits per heavy atom. The van der Waals surface area contributed by atoms with Gasteiger partial charge in [-0.1, -0.05) is 23.7 Å². The Bertz CT molecular complexity index is 1170. The summed E-state index contributed by atoms with van der Waals surface area (Å²) in [5.74, 6) is -2.47. The van der Waals surface area contributed by atoms with Gasteiger partial charge in [-0.3, -0.25) is 19.3 Å². The largest absolute Gasteiger partial charge is 0.416 e. The van der Waals surface area contributed by atoms with Crippen molar-refractivity contribution in [1.29, 1.82) is 0 Å². The van der Waals surface area contributed by atoms with E-state index in [0.29, 0.717) is 22.7 Å². The molecule has 2 atom stereocenters. The predicted octanol–water partition coefficient (Wildman–Crippen LogP) is 3.87. The fourth-order valence-electron chi connectivity index (χ4n) is 4.67. The molecule has 0 aromatic heterocycles. The van der Waals surface area contributed by atoms with Gasteiger partial charge in [0.25, 0.3) is 5.91 Å². The van der Waals surface area contributed by atoms with E-state index in [1.807, 2.05) is 0 Å². The topological polar surface area (TPSA) is 110 Å². The number of benzene rings is 2. The summed E-state index contributed by atoms with van der Waals surface area (Å²) in [6.07, 6.45) is -9.76. The first-order chi connectivity index (χ1) is 18.0. The molecule has 0 radical (unpaired) electrons. The van der Waals surface area contributed by atoms with E-state index in [1.165, 1.54) is 9.80 Å². The molecule has 0 bridgehead atoms. The number of nitrogens with two attached hydrogens (primary N) is 2. The quantitative estimate of drug-likeness (QED) is 0.464. The molecule has 1 saturated heterocycles. The molecule has 1 heterocycles. The summed E-state index contributed by atoms with van der Waals surface area (Å²) in [5.41, 5.74) is 7.35. The Hall–Kier alpha value is -3.32. The van der Waals surface area contributed by atoms with E-state index in [0.717, 1.165) is 0 Å². The van der Waals surface area contributed by atoms with Gasteiger partial charge >= 0.3 is 12.4 Å². The molecule has 3 amide bonds. The van der Waals surface area contributed by atoms with Crippen molar-refractivity contribution < 1.29 is 40.7 Å². The number of alkyl halides is 6. The number of nitrogens with zero attached hydrogens (tertiary/aromatic N) is 2. The van der Waals surface area contributed by atoms with Gasteiger partial charge in [0, 0.05) is 29.2 Å². The zero-order valence-electron chi connectivity index (χ0n) is 20.4. The van der Waals surface area contributed by atoms with Crippen LogP contribution in [0.25, 0.3) is 0 Å². The van der Waals surface area contributed by atoms with E-state index in [2.05, 4.69) is 0 Å². The van der Waals surface area contributed by atoms with Crippen molar-refractivity contribution in [3.63, 3.8) is 0 Å². The zero-order valence-corrected chi connectivity index (χ0v) is 21.1. The second-order valence-corrected chi connectivity index (χ2v) is 9.73. The Labute approximate surface area is 224 Å². The summed E-state index contributed by atoms with van der Waals surface area (Å²) in [6, 6.07) is 6.10. The monoisotopic (exact) mass is 578 g/mol. The number of primary amides is 2. The van der Waals surface area contributed by atoms with E-state index < -0.39 is 58.8 Å². The van der Waals surface area contributed by atoms with Crippen LogP contribution in [0.3, 0.4) is 0 Å². The van der Waals surface area contributed by atoms with Gasteiger partial charge in [-0.25, -0.2) is 0 Å². The van der Waals surface area contributed by atoms with E-state index in [4.69, 9.17) is 23.1 Å². The van der Waals surface area contributed by atoms with Crippen LogP contribution >= 0.6 is 11.6 Å². The Kier molecular flexibility index (Phi) is 9.16. The van der Waals surface area contributed by atoms with Crippen LogP contribution < -0.4 is 11.5 Å². The summed E-state index contributed by atoms with van der Waals surface area (Å²) in [5, 5.41) is 0.436. The minimum absolute atomic E-state index is 0.0419. The van der Waals surface area contributed by atoms with Gasteiger partial charge < -0.3 is 16.4 Å². The molecule has 39 heavy (non-hydrogen) atoms. The van der Waals surface area contributed by atoms with Gasteiger partial charge in [-0.05, 0) is 55.2 Å². The highest BCUT2D eigenvalue weighted by Gasteiger charge is 2.40. The fraction of sp³-hybridized carbons (Fsp3) is 0.400. The minimum Gasteiger partial charge on any atom is -0.369 e. The number of hydrogen-bond acceptors (Lipinski definition) is 4. The van der Waals surface area contributed by atoms with Crippen molar-refractivity contribution in [3.05, 3.63) is 69.7 Å². The predicted molar refractivity (Wildman–Crippen MR) is 129 cm³/mol. The van der Waals surface area contributed by atoms with E-state index in [-0.39, 0.29) is 45.0 Å². The highest BCUT2D eigenvalue weighted by atomic mass is 35.5. The maximum Gasteiger partial charge on any atom is 0.416 e. The maximum absolute atomic E-state index is 13.5. The molecule has 1 fully saturated rings. The van der Waals surface area contributed by atoms with Crippen LogP contribution in [-0.4, -0.2) is 59.2 Å². The van der Waals surface area contributed by atoms with Crippen molar-refractivity contribution in [2.45, 2.75) is 43.7 Å². The van der Waals surface area contributed by atoms with Gasteiger partial charge in [0.15, 0.2) is 0 Å². The lowest BCUT2D eigenvalue weighted by atomic mass is 9.90. The van der Waals surface area contributed by atoms with Crippen LogP contribution in [0.5, 0.6) is 0 Å². The number of amides is 3. The molecule has 3 rings (SSSR count). The van der Waals surface area contributed by atoms with E-state index in [1.54, 1.807) is 24.3 Å². The van der Waals surface area contributed by atoms with Crippen LogP contribution in [0.15, 0.2) is 42.5 Å². The third-order valence-electron chi connectivity index (χ3n) is 6.40. The smallest absolute Gasteiger partial charge is 0.369 e. The molecule has 1 aliphatic heterocycles. The van der Waals surface area contributed by atoms with Gasteiger partial charge in [-0.15, -0.1) is 0 Å². The number of rotatable bonds is 8. The SMILES string of the molecule is NC(=O)CN(CC(N)=O)[C@H]1CCN(C(=O)c2cc(C(F)(F)F)cc(C(F)(F)F)c2)[C@H](Cc2ccc(Cl)cc2)C1. The molecule has 0 spiro atoms. The Balaban J connectivity index is 2.00. The third kappa shape index (κ3) is 8.09. The summed E-state index contributed by atoms with van der Waals surface area (Å²) in [6.45, 7) is -0.692. The fourth-order valence-corrected chi connectivity index (χ4v) is 4.80. The zero-order chi connectivity index (χ0) is 29.1. The van der Waals surface area contributed by atoms with Crippen molar-refractivity contribution in [2.75, 3.05) is 19.6 Å². The van der Waals surface area contributed by atoms with Gasteiger partial charge in [0.1, 0.15) is 0 Å². The minimum atomic E-state index is -5.12. The lowest BCUT2D eigenvalue weighted by molar-refractivity contribution is -0.143. The molecule has 1 aliphatic rings. The second-order valence-electron chi connectivity index (χ2n) is 9.29. The molecule has 7 nitrogen and oxygen atoms in total. The molecule has 2 aromatic carbocycles. The molecular weight excluding hydrogens is 554 g/mol. The molecule has 212 valence electrons. The molecule has 0 saturated carbocycles. The Morgan fingerprint density at radius 1 is 0.897 bits per heavy atom. The number of piperidine rings is 1. The van der Waals surface area contributed by atoms with Crippen LogP contribution in [-0.2, 0) is 28.4 Å². The standard InChI is InChI=1S/C25H25ClF6N4O3/c26-18-3-1-14(2-4-18)7-20-11-19(35(12-21(33)37)13-22(34)38)5-6-36(20)23(39)15-8-16(24(27,28)29)10-17(9-15)25(30,31)32/h1-4,8-10,19-20H,5-7,11-13H2,(H2,33,37)(H2,34,38)/t19-,20+/m0/s1. The molecule has 2 aromatic rings. The average Bonchev–Trinajstić information content (AvgIpc) is 2.82. The summed E-state index contributed by atoms with van der Waals surface area (Å²) >= 11 is 5.94. The van der Waals surface area contributed by atoms with E-state index >= 15 is 0 Å².